The Labute approximate surface area is 125 Å². The second kappa shape index (κ2) is 7.41. The van der Waals surface area contributed by atoms with Gasteiger partial charge in [-0.15, -0.1) is 0 Å². The van der Waals surface area contributed by atoms with Crippen molar-refractivity contribution in [3.63, 3.8) is 0 Å². The minimum Gasteiger partial charge on any atom is -0.310 e. The topological polar surface area (TPSA) is 15.3 Å². The van der Waals surface area contributed by atoms with Gasteiger partial charge in [0.05, 0.1) is 0 Å². The van der Waals surface area contributed by atoms with Crippen molar-refractivity contribution in [3.05, 3.63) is 34.3 Å². The Hall–Kier alpha value is -0.380. The Morgan fingerprint density at radius 3 is 2.58 bits per heavy atom. The van der Waals surface area contributed by atoms with Crippen LogP contribution in [0.3, 0.4) is 0 Å². The van der Waals surface area contributed by atoms with Crippen LogP contribution >= 0.6 is 15.9 Å². The molecule has 0 saturated carbocycles. The Morgan fingerprint density at radius 2 is 1.89 bits per heavy atom. The van der Waals surface area contributed by atoms with Gasteiger partial charge in [0.25, 0.3) is 0 Å². The van der Waals surface area contributed by atoms with Gasteiger partial charge in [-0.3, -0.25) is 0 Å². The molecule has 0 amide bonds. The molecular formula is C16H25BrN2. The zero-order valence-electron chi connectivity index (χ0n) is 12.0. The van der Waals surface area contributed by atoms with Crippen LogP contribution in [0.25, 0.3) is 0 Å². The van der Waals surface area contributed by atoms with E-state index < -0.39 is 0 Å². The highest BCUT2D eigenvalue weighted by Gasteiger charge is 2.15. The maximum absolute atomic E-state index is 3.66. The third kappa shape index (κ3) is 4.59. The van der Waals surface area contributed by atoms with Gasteiger partial charge in [-0.05, 0) is 56.9 Å². The van der Waals surface area contributed by atoms with E-state index in [1.807, 2.05) is 0 Å². The van der Waals surface area contributed by atoms with Crippen LogP contribution in [0.1, 0.15) is 38.3 Å². The average molecular weight is 325 g/mol. The first kappa shape index (κ1) is 15.0. The lowest BCUT2D eigenvalue weighted by Crippen LogP contribution is -2.32. The minimum absolute atomic E-state index is 0.400. The zero-order chi connectivity index (χ0) is 13.7. The molecule has 0 spiro atoms. The van der Waals surface area contributed by atoms with E-state index >= 15 is 0 Å². The molecule has 19 heavy (non-hydrogen) atoms. The first-order valence-electron chi connectivity index (χ1n) is 7.37. The first-order valence-corrected chi connectivity index (χ1v) is 8.16. The summed E-state index contributed by atoms with van der Waals surface area (Å²) >= 11 is 3.63. The van der Waals surface area contributed by atoms with Gasteiger partial charge in [0.1, 0.15) is 0 Å². The van der Waals surface area contributed by atoms with Crippen molar-refractivity contribution >= 4 is 15.9 Å². The molecule has 0 bridgehead atoms. The lowest BCUT2D eigenvalue weighted by atomic mass is 10.1. The normalized spacial score (nSPS) is 19.5. The van der Waals surface area contributed by atoms with Crippen LogP contribution in [0.2, 0.25) is 0 Å². The quantitative estimate of drug-likeness (QED) is 0.855. The summed E-state index contributed by atoms with van der Waals surface area (Å²) in [5.74, 6) is 0.711. The van der Waals surface area contributed by atoms with Crippen molar-refractivity contribution in [1.29, 1.82) is 0 Å². The number of hydrogen-bond donors (Lipinski definition) is 1. The van der Waals surface area contributed by atoms with E-state index in [0.29, 0.717) is 12.0 Å². The van der Waals surface area contributed by atoms with Crippen molar-refractivity contribution in [2.45, 2.75) is 32.7 Å². The number of halogens is 1. The van der Waals surface area contributed by atoms with Gasteiger partial charge < -0.3 is 10.2 Å². The van der Waals surface area contributed by atoms with Gasteiger partial charge in [0.2, 0.25) is 0 Å². The summed E-state index contributed by atoms with van der Waals surface area (Å²) in [7, 11) is 0. The molecule has 1 aliphatic rings. The van der Waals surface area contributed by atoms with Gasteiger partial charge in [-0.25, -0.2) is 0 Å². The lowest BCUT2D eigenvalue weighted by molar-refractivity contribution is 0.279. The first-order chi connectivity index (χ1) is 9.16. The van der Waals surface area contributed by atoms with Crippen molar-refractivity contribution in [2.75, 3.05) is 26.2 Å². The van der Waals surface area contributed by atoms with E-state index in [-0.39, 0.29) is 0 Å². The van der Waals surface area contributed by atoms with Crippen LogP contribution in [0.4, 0.5) is 0 Å². The second-order valence-electron chi connectivity index (χ2n) is 5.76. The molecule has 1 heterocycles. The highest BCUT2D eigenvalue weighted by Crippen LogP contribution is 2.22. The zero-order valence-corrected chi connectivity index (χ0v) is 13.6. The van der Waals surface area contributed by atoms with Crippen LogP contribution in [-0.4, -0.2) is 31.1 Å². The predicted molar refractivity (Wildman–Crippen MR) is 85.4 cm³/mol. The SMILES string of the molecule is CC(CNC(C)c1ccccc1Br)CN1CCCC1. The van der Waals surface area contributed by atoms with Gasteiger partial charge in [-0.1, -0.05) is 41.1 Å². The van der Waals surface area contributed by atoms with Crippen LogP contribution in [0.5, 0.6) is 0 Å². The molecule has 2 nitrogen and oxygen atoms in total. The van der Waals surface area contributed by atoms with Crippen molar-refractivity contribution in [3.8, 4) is 0 Å². The summed E-state index contributed by atoms with van der Waals surface area (Å²) in [6.45, 7) is 9.49. The van der Waals surface area contributed by atoms with Crippen LogP contribution in [0.15, 0.2) is 28.7 Å². The molecule has 1 aromatic rings. The molecule has 3 heteroatoms. The summed E-state index contributed by atoms with van der Waals surface area (Å²) in [6, 6.07) is 8.87. The molecule has 2 rings (SSSR count). The van der Waals surface area contributed by atoms with Crippen molar-refractivity contribution in [1.82, 2.24) is 10.2 Å². The third-order valence-corrected chi connectivity index (χ3v) is 4.63. The number of nitrogens with one attached hydrogen (secondary N) is 1. The molecule has 0 radical (unpaired) electrons. The summed E-state index contributed by atoms with van der Waals surface area (Å²) in [4.78, 5) is 2.59. The van der Waals surface area contributed by atoms with Gasteiger partial charge in [0, 0.05) is 17.1 Å². The van der Waals surface area contributed by atoms with Gasteiger partial charge >= 0.3 is 0 Å². The summed E-state index contributed by atoms with van der Waals surface area (Å²) in [5, 5.41) is 3.66. The Balaban J connectivity index is 1.76. The van der Waals surface area contributed by atoms with Crippen molar-refractivity contribution < 1.29 is 0 Å². The summed E-state index contributed by atoms with van der Waals surface area (Å²) in [6.07, 6.45) is 2.76. The summed E-state index contributed by atoms with van der Waals surface area (Å²) in [5.41, 5.74) is 1.34. The fourth-order valence-electron chi connectivity index (χ4n) is 2.78. The minimum atomic E-state index is 0.400. The Kier molecular flexibility index (Phi) is 5.86. The van der Waals surface area contributed by atoms with E-state index in [9.17, 15) is 0 Å². The van der Waals surface area contributed by atoms with Crippen LogP contribution in [0, 0.1) is 5.92 Å². The lowest BCUT2D eigenvalue weighted by Gasteiger charge is -2.23. The molecule has 1 aromatic carbocycles. The van der Waals surface area contributed by atoms with Crippen molar-refractivity contribution in [2.24, 2.45) is 5.92 Å². The molecule has 2 atom stereocenters. The largest absolute Gasteiger partial charge is 0.310 e. The molecule has 0 aliphatic carbocycles. The monoisotopic (exact) mass is 324 g/mol. The van der Waals surface area contributed by atoms with Gasteiger partial charge in [0.15, 0.2) is 0 Å². The number of nitrogens with zero attached hydrogens (tertiary/aromatic N) is 1. The smallest absolute Gasteiger partial charge is 0.0303 e. The number of benzene rings is 1. The molecular weight excluding hydrogens is 300 g/mol. The molecule has 1 aliphatic heterocycles. The molecule has 1 N–H and O–H groups in total. The summed E-state index contributed by atoms with van der Waals surface area (Å²) < 4.78 is 1.20. The molecule has 106 valence electrons. The molecule has 1 fully saturated rings. The number of hydrogen-bond acceptors (Lipinski definition) is 2. The maximum atomic E-state index is 3.66. The van der Waals surface area contributed by atoms with E-state index in [4.69, 9.17) is 0 Å². The van der Waals surface area contributed by atoms with E-state index in [0.717, 1.165) is 6.54 Å². The van der Waals surface area contributed by atoms with Crippen LogP contribution < -0.4 is 5.32 Å². The standard InChI is InChI=1S/C16H25BrN2/c1-13(12-19-9-5-6-10-19)11-18-14(2)15-7-3-4-8-16(15)17/h3-4,7-8,13-14,18H,5-6,9-12H2,1-2H3. The maximum Gasteiger partial charge on any atom is 0.0303 e. The number of likely N-dealkylation sites (tertiary alicyclic amines) is 1. The molecule has 1 saturated heterocycles. The Bertz CT molecular complexity index is 388. The highest BCUT2D eigenvalue weighted by atomic mass is 79.9. The highest BCUT2D eigenvalue weighted by molar-refractivity contribution is 9.10. The molecule has 0 aromatic heterocycles. The third-order valence-electron chi connectivity index (χ3n) is 3.91. The average Bonchev–Trinajstić information content (AvgIpc) is 2.89. The molecule has 2 unspecified atom stereocenters. The van der Waals surface area contributed by atoms with E-state index in [2.05, 4.69) is 64.3 Å². The Morgan fingerprint density at radius 1 is 1.21 bits per heavy atom. The van der Waals surface area contributed by atoms with Crippen LogP contribution in [-0.2, 0) is 0 Å². The van der Waals surface area contributed by atoms with Gasteiger partial charge in [-0.2, -0.15) is 0 Å². The van der Waals surface area contributed by atoms with E-state index in [1.54, 1.807) is 0 Å². The fourth-order valence-corrected chi connectivity index (χ4v) is 3.41. The van der Waals surface area contributed by atoms with E-state index in [1.165, 1.54) is 42.5 Å². The predicted octanol–water partition coefficient (Wildman–Crippen LogP) is 3.83. The second-order valence-corrected chi connectivity index (χ2v) is 6.62. The fraction of sp³-hybridized carbons (Fsp3) is 0.625. The number of rotatable bonds is 6.